The fourth-order valence-electron chi connectivity index (χ4n) is 4.42. The van der Waals surface area contributed by atoms with Gasteiger partial charge in [-0.05, 0) is 52.0 Å². The fourth-order valence-corrected chi connectivity index (χ4v) is 4.42. The van der Waals surface area contributed by atoms with Crippen LogP contribution in [0.3, 0.4) is 0 Å². The molecule has 0 aromatic rings. The first-order valence-electron chi connectivity index (χ1n) is 8.92. The zero-order valence-corrected chi connectivity index (χ0v) is 13.5. The number of hydrogen-bond donors (Lipinski definition) is 1. The van der Waals surface area contributed by atoms with Gasteiger partial charge in [-0.3, -0.25) is 14.5 Å². The molecule has 0 unspecified atom stereocenters. The third-order valence-corrected chi connectivity index (χ3v) is 6.40. The molecule has 122 valence electrons. The number of nitrogens with zero attached hydrogens (tertiary/aromatic N) is 2. The first-order valence-corrected chi connectivity index (χ1v) is 8.92. The molecule has 4 rings (SSSR count). The van der Waals surface area contributed by atoms with Crippen molar-refractivity contribution in [1.82, 2.24) is 15.1 Å². The SMILES string of the molecule is CN1[C@H]2CC[C@H]1CN(C(=O)C1(C(=O)NC3CC3)CCC1)CC2. The number of hydrogen-bond acceptors (Lipinski definition) is 3. The van der Waals surface area contributed by atoms with Crippen LogP contribution < -0.4 is 5.32 Å². The summed E-state index contributed by atoms with van der Waals surface area (Å²) in [5, 5.41) is 3.08. The number of rotatable bonds is 3. The lowest BCUT2D eigenvalue weighted by molar-refractivity contribution is -0.157. The van der Waals surface area contributed by atoms with Crippen LogP contribution in [0.4, 0.5) is 0 Å². The van der Waals surface area contributed by atoms with Crippen molar-refractivity contribution in [3.63, 3.8) is 0 Å². The molecule has 2 heterocycles. The molecule has 0 aromatic carbocycles. The molecule has 2 saturated heterocycles. The minimum atomic E-state index is -0.731. The summed E-state index contributed by atoms with van der Waals surface area (Å²) >= 11 is 0. The van der Waals surface area contributed by atoms with Crippen LogP contribution in [0.2, 0.25) is 0 Å². The minimum absolute atomic E-state index is 0.00834. The number of likely N-dealkylation sites (N-methyl/N-ethyl adjacent to an activating group) is 1. The minimum Gasteiger partial charge on any atom is -0.352 e. The van der Waals surface area contributed by atoms with Gasteiger partial charge < -0.3 is 10.2 Å². The predicted molar refractivity (Wildman–Crippen MR) is 83.2 cm³/mol. The Balaban J connectivity index is 1.48. The van der Waals surface area contributed by atoms with E-state index in [2.05, 4.69) is 17.3 Å². The van der Waals surface area contributed by atoms with Gasteiger partial charge in [-0.2, -0.15) is 0 Å². The van der Waals surface area contributed by atoms with Gasteiger partial charge >= 0.3 is 0 Å². The summed E-state index contributed by atoms with van der Waals surface area (Å²) in [6.45, 7) is 1.63. The third-order valence-electron chi connectivity index (χ3n) is 6.40. The molecule has 0 spiro atoms. The molecule has 0 aromatic heterocycles. The number of carbonyl (C=O) groups is 2. The van der Waals surface area contributed by atoms with Gasteiger partial charge in [0.15, 0.2) is 0 Å². The molecule has 2 aliphatic heterocycles. The molecule has 5 nitrogen and oxygen atoms in total. The predicted octanol–water partition coefficient (Wildman–Crippen LogP) is 1.13. The number of fused-ring (bicyclic) bond motifs is 2. The van der Waals surface area contributed by atoms with E-state index < -0.39 is 5.41 Å². The van der Waals surface area contributed by atoms with Crippen LogP contribution in [-0.2, 0) is 9.59 Å². The van der Waals surface area contributed by atoms with Crippen molar-refractivity contribution in [2.45, 2.75) is 69.5 Å². The van der Waals surface area contributed by atoms with Crippen molar-refractivity contribution in [3.05, 3.63) is 0 Å². The summed E-state index contributed by atoms with van der Waals surface area (Å²) in [5.74, 6) is 0.117. The molecule has 22 heavy (non-hydrogen) atoms. The van der Waals surface area contributed by atoms with Crippen LogP contribution in [0.25, 0.3) is 0 Å². The van der Waals surface area contributed by atoms with Crippen molar-refractivity contribution in [3.8, 4) is 0 Å². The van der Waals surface area contributed by atoms with Gasteiger partial charge in [0.1, 0.15) is 5.41 Å². The van der Waals surface area contributed by atoms with Crippen molar-refractivity contribution in [2.24, 2.45) is 5.41 Å². The standard InChI is InChI=1S/C17H27N3O2/c1-19-13-5-6-14(19)11-20(10-7-13)16(22)17(8-2-9-17)15(21)18-12-3-4-12/h12-14H,2-11H2,1H3,(H,18,21)/t13-,14-/m0/s1. The molecule has 2 atom stereocenters. The number of nitrogens with one attached hydrogen (secondary N) is 1. The highest BCUT2D eigenvalue weighted by Gasteiger charge is 2.54. The van der Waals surface area contributed by atoms with Gasteiger partial charge in [0.25, 0.3) is 0 Å². The number of likely N-dealkylation sites (tertiary alicyclic amines) is 1. The molecule has 2 amide bonds. The fraction of sp³-hybridized carbons (Fsp3) is 0.882. The van der Waals surface area contributed by atoms with Crippen LogP contribution >= 0.6 is 0 Å². The highest BCUT2D eigenvalue weighted by atomic mass is 16.2. The highest BCUT2D eigenvalue weighted by Crippen LogP contribution is 2.44. The molecule has 2 bridgehead atoms. The largest absolute Gasteiger partial charge is 0.352 e. The van der Waals surface area contributed by atoms with E-state index in [0.29, 0.717) is 18.1 Å². The topological polar surface area (TPSA) is 52.7 Å². The number of amides is 2. The molecule has 4 aliphatic rings. The van der Waals surface area contributed by atoms with Gasteiger partial charge in [-0.25, -0.2) is 0 Å². The van der Waals surface area contributed by atoms with E-state index in [1.165, 1.54) is 12.8 Å². The summed E-state index contributed by atoms with van der Waals surface area (Å²) in [6, 6.07) is 1.45. The monoisotopic (exact) mass is 305 g/mol. The van der Waals surface area contributed by atoms with Crippen LogP contribution in [0, 0.1) is 5.41 Å². The van der Waals surface area contributed by atoms with E-state index in [9.17, 15) is 9.59 Å². The van der Waals surface area contributed by atoms with Crippen molar-refractivity contribution < 1.29 is 9.59 Å². The Bertz CT molecular complexity index is 484. The molecular formula is C17H27N3O2. The highest BCUT2D eigenvalue weighted by molar-refractivity contribution is 6.06. The first-order chi connectivity index (χ1) is 10.6. The van der Waals surface area contributed by atoms with Crippen LogP contribution in [0.15, 0.2) is 0 Å². The Kier molecular flexibility index (Phi) is 3.44. The maximum atomic E-state index is 13.1. The van der Waals surface area contributed by atoms with Crippen molar-refractivity contribution >= 4 is 11.8 Å². The summed E-state index contributed by atoms with van der Waals surface area (Å²) in [7, 11) is 2.19. The maximum Gasteiger partial charge on any atom is 0.238 e. The van der Waals surface area contributed by atoms with E-state index >= 15 is 0 Å². The summed E-state index contributed by atoms with van der Waals surface area (Å²) in [4.78, 5) is 30.2. The van der Waals surface area contributed by atoms with Crippen LogP contribution in [0.5, 0.6) is 0 Å². The Morgan fingerprint density at radius 3 is 2.41 bits per heavy atom. The van der Waals surface area contributed by atoms with Gasteiger partial charge in [0.05, 0.1) is 0 Å². The van der Waals surface area contributed by atoms with E-state index in [-0.39, 0.29) is 11.8 Å². The Morgan fingerprint density at radius 2 is 1.77 bits per heavy atom. The quantitative estimate of drug-likeness (QED) is 0.795. The third kappa shape index (κ3) is 2.25. The lowest BCUT2D eigenvalue weighted by Gasteiger charge is -2.42. The molecule has 1 N–H and O–H groups in total. The molecule has 5 heteroatoms. The first kappa shape index (κ1) is 14.5. The average molecular weight is 305 g/mol. The second-order valence-corrected chi connectivity index (χ2v) is 7.77. The van der Waals surface area contributed by atoms with Crippen LogP contribution in [0.1, 0.15) is 51.4 Å². The van der Waals surface area contributed by atoms with Crippen molar-refractivity contribution in [2.75, 3.05) is 20.1 Å². The zero-order valence-electron chi connectivity index (χ0n) is 13.5. The molecular weight excluding hydrogens is 278 g/mol. The Labute approximate surface area is 132 Å². The van der Waals surface area contributed by atoms with Gasteiger partial charge in [-0.1, -0.05) is 6.42 Å². The normalized spacial score (nSPS) is 34.0. The molecule has 0 radical (unpaired) electrons. The number of carbonyl (C=O) groups excluding carboxylic acids is 2. The van der Waals surface area contributed by atoms with Gasteiger partial charge in [-0.15, -0.1) is 0 Å². The van der Waals surface area contributed by atoms with Crippen molar-refractivity contribution in [1.29, 1.82) is 0 Å². The summed E-state index contributed by atoms with van der Waals surface area (Å²) < 4.78 is 0. The van der Waals surface area contributed by atoms with E-state index in [0.717, 1.165) is 51.6 Å². The van der Waals surface area contributed by atoms with E-state index in [1.807, 2.05) is 4.90 Å². The summed E-state index contributed by atoms with van der Waals surface area (Å²) in [6.07, 6.45) is 8.14. The lowest BCUT2D eigenvalue weighted by atomic mass is 9.66. The maximum absolute atomic E-state index is 13.1. The Hall–Kier alpha value is -1.10. The smallest absolute Gasteiger partial charge is 0.238 e. The molecule has 2 saturated carbocycles. The van der Waals surface area contributed by atoms with Gasteiger partial charge in [0.2, 0.25) is 11.8 Å². The van der Waals surface area contributed by atoms with E-state index in [1.54, 1.807) is 0 Å². The molecule has 4 fully saturated rings. The Morgan fingerprint density at radius 1 is 1.05 bits per heavy atom. The molecule has 2 aliphatic carbocycles. The summed E-state index contributed by atoms with van der Waals surface area (Å²) in [5.41, 5.74) is -0.731. The van der Waals surface area contributed by atoms with E-state index in [4.69, 9.17) is 0 Å². The van der Waals surface area contributed by atoms with Gasteiger partial charge in [0, 0.05) is 31.2 Å². The van der Waals surface area contributed by atoms with Crippen LogP contribution in [-0.4, -0.2) is 59.9 Å². The second-order valence-electron chi connectivity index (χ2n) is 7.77. The second kappa shape index (κ2) is 5.22. The zero-order chi connectivity index (χ0) is 15.3. The average Bonchev–Trinajstić information content (AvgIpc) is 3.16. The lowest BCUT2D eigenvalue weighted by Crippen LogP contribution is -2.57.